The second kappa shape index (κ2) is 12.9. The fourth-order valence-electron chi connectivity index (χ4n) is 1.55. The van der Waals surface area contributed by atoms with Crippen LogP contribution in [0.5, 0.6) is 0 Å². The molecule has 0 fully saturated rings. The van der Waals surface area contributed by atoms with Gasteiger partial charge in [0.1, 0.15) is 6.10 Å². The van der Waals surface area contributed by atoms with Crippen molar-refractivity contribution in [1.29, 1.82) is 0 Å². The Kier molecular flexibility index (Phi) is 11.8. The molecule has 22 heavy (non-hydrogen) atoms. The lowest BCUT2D eigenvalue weighted by Crippen LogP contribution is -1.96. The van der Waals surface area contributed by atoms with Crippen LogP contribution in [0.2, 0.25) is 0 Å². The highest BCUT2D eigenvalue weighted by atomic mass is 79.9. The SMILES string of the molecule is CC.CC(OC=O)c1ccccc1.CNc1ccccc1Br. The van der Waals surface area contributed by atoms with Crippen LogP contribution in [0.25, 0.3) is 0 Å². The van der Waals surface area contributed by atoms with Crippen molar-refractivity contribution < 1.29 is 9.53 Å². The van der Waals surface area contributed by atoms with Gasteiger partial charge in [-0.2, -0.15) is 0 Å². The molecule has 2 rings (SSSR count). The van der Waals surface area contributed by atoms with E-state index in [2.05, 4.69) is 21.2 Å². The minimum atomic E-state index is -0.145. The molecule has 0 radical (unpaired) electrons. The number of ether oxygens (including phenoxy) is 1. The Morgan fingerprint density at radius 2 is 1.59 bits per heavy atom. The Bertz CT molecular complexity index is 518. The largest absolute Gasteiger partial charge is 0.460 e. The number of rotatable bonds is 4. The van der Waals surface area contributed by atoms with Gasteiger partial charge in [0, 0.05) is 17.2 Å². The molecule has 0 spiro atoms. The van der Waals surface area contributed by atoms with Gasteiger partial charge in [-0.1, -0.05) is 56.3 Å². The van der Waals surface area contributed by atoms with Crippen molar-refractivity contribution >= 4 is 28.1 Å². The predicted molar refractivity (Wildman–Crippen MR) is 97.0 cm³/mol. The first-order valence-corrected chi connectivity index (χ1v) is 8.04. The Hall–Kier alpha value is -1.81. The third-order valence-electron chi connectivity index (χ3n) is 2.67. The summed E-state index contributed by atoms with van der Waals surface area (Å²) < 4.78 is 5.85. The fourth-order valence-corrected chi connectivity index (χ4v) is 2.03. The molecular weight excluding hydrogens is 342 g/mol. The lowest BCUT2D eigenvalue weighted by molar-refractivity contribution is -0.133. The van der Waals surface area contributed by atoms with E-state index in [4.69, 9.17) is 4.74 Å². The second-order valence-corrected chi connectivity index (χ2v) is 4.87. The number of anilines is 1. The summed E-state index contributed by atoms with van der Waals surface area (Å²) in [7, 11) is 1.90. The zero-order chi connectivity index (χ0) is 16.8. The van der Waals surface area contributed by atoms with Gasteiger partial charge >= 0.3 is 0 Å². The molecule has 1 unspecified atom stereocenters. The van der Waals surface area contributed by atoms with Crippen LogP contribution in [-0.2, 0) is 9.53 Å². The first-order valence-electron chi connectivity index (χ1n) is 7.25. The molecule has 0 amide bonds. The Balaban J connectivity index is 0.000000366. The van der Waals surface area contributed by atoms with E-state index in [0.29, 0.717) is 6.47 Å². The molecule has 4 heteroatoms. The van der Waals surface area contributed by atoms with Crippen LogP contribution in [0.3, 0.4) is 0 Å². The first kappa shape index (κ1) is 20.2. The smallest absolute Gasteiger partial charge is 0.293 e. The zero-order valence-electron chi connectivity index (χ0n) is 13.5. The summed E-state index contributed by atoms with van der Waals surface area (Å²) in [5, 5.41) is 3.05. The van der Waals surface area contributed by atoms with E-state index in [1.165, 1.54) is 0 Å². The summed E-state index contributed by atoms with van der Waals surface area (Å²) in [6, 6.07) is 17.6. The molecule has 1 atom stereocenters. The summed E-state index contributed by atoms with van der Waals surface area (Å²) in [6.07, 6.45) is -0.145. The van der Waals surface area contributed by atoms with Crippen LogP contribution < -0.4 is 5.32 Å². The highest BCUT2D eigenvalue weighted by molar-refractivity contribution is 9.10. The third-order valence-corrected chi connectivity index (χ3v) is 3.36. The molecule has 0 bridgehead atoms. The van der Waals surface area contributed by atoms with Gasteiger partial charge < -0.3 is 10.1 Å². The maximum absolute atomic E-state index is 9.97. The number of hydrogen-bond acceptors (Lipinski definition) is 3. The molecule has 0 aliphatic heterocycles. The molecule has 2 aromatic rings. The third kappa shape index (κ3) is 7.84. The maximum atomic E-state index is 9.97. The predicted octanol–water partition coefficient (Wildman–Crippen LogP) is 5.44. The van der Waals surface area contributed by atoms with Crippen molar-refractivity contribution in [2.24, 2.45) is 0 Å². The maximum Gasteiger partial charge on any atom is 0.293 e. The molecule has 0 heterocycles. The number of nitrogens with one attached hydrogen (secondary N) is 1. The molecule has 0 aromatic heterocycles. The normalized spacial score (nSPS) is 10.0. The van der Waals surface area contributed by atoms with Gasteiger partial charge in [0.15, 0.2) is 0 Å². The van der Waals surface area contributed by atoms with Crippen LogP contribution in [0.4, 0.5) is 5.69 Å². The van der Waals surface area contributed by atoms with E-state index in [1.54, 1.807) is 0 Å². The average molecular weight is 366 g/mol. The van der Waals surface area contributed by atoms with E-state index in [1.807, 2.05) is 82.4 Å². The first-order chi connectivity index (χ1) is 10.7. The van der Waals surface area contributed by atoms with Crippen molar-refractivity contribution in [1.82, 2.24) is 0 Å². The molecule has 0 saturated heterocycles. The number of carbonyl (C=O) groups excluding carboxylic acids is 1. The Morgan fingerprint density at radius 1 is 1.05 bits per heavy atom. The lowest BCUT2D eigenvalue weighted by atomic mass is 10.1. The number of halogens is 1. The standard InChI is InChI=1S/C9H10O2.C7H8BrN.C2H6/c1-8(11-7-10)9-5-3-2-4-6-9;1-9-7-5-3-2-4-6(7)8;1-2/h2-8H,1H3;2-5,9H,1H3;1-2H3. The van der Waals surface area contributed by atoms with Gasteiger partial charge in [0.2, 0.25) is 0 Å². The molecule has 120 valence electrons. The molecule has 0 saturated carbocycles. The van der Waals surface area contributed by atoms with E-state index >= 15 is 0 Å². The highest BCUT2D eigenvalue weighted by Crippen LogP contribution is 2.19. The fraction of sp³-hybridized carbons (Fsp3) is 0.278. The van der Waals surface area contributed by atoms with Crippen molar-refractivity contribution in [2.45, 2.75) is 26.9 Å². The summed E-state index contributed by atoms with van der Waals surface area (Å²) in [5.74, 6) is 0. The minimum absolute atomic E-state index is 0.145. The van der Waals surface area contributed by atoms with E-state index in [9.17, 15) is 4.79 Å². The number of para-hydroxylation sites is 1. The van der Waals surface area contributed by atoms with Gasteiger partial charge in [-0.05, 0) is 40.5 Å². The highest BCUT2D eigenvalue weighted by Gasteiger charge is 2.02. The summed E-state index contributed by atoms with van der Waals surface area (Å²) in [4.78, 5) is 9.97. The number of hydrogen-bond donors (Lipinski definition) is 1. The topological polar surface area (TPSA) is 38.3 Å². The van der Waals surface area contributed by atoms with Crippen LogP contribution in [0.15, 0.2) is 59.1 Å². The number of carbonyl (C=O) groups is 1. The monoisotopic (exact) mass is 365 g/mol. The number of benzene rings is 2. The van der Waals surface area contributed by atoms with Crippen LogP contribution in [-0.4, -0.2) is 13.5 Å². The zero-order valence-corrected chi connectivity index (χ0v) is 15.1. The Morgan fingerprint density at radius 3 is 2.05 bits per heavy atom. The van der Waals surface area contributed by atoms with Crippen molar-refractivity contribution in [3.05, 3.63) is 64.6 Å². The van der Waals surface area contributed by atoms with E-state index in [0.717, 1.165) is 15.7 Å². The summed E-state index contributed by atoms with van der Waals surface area (Å²) >= 11 is 3.39. The molecule has 0 aliphatic carbocycles. The summed E-state index contributed by atoms with van der Waals surface area (Å²) in [5.41, 5.74) is 2.14. The quantitative estimate of drug-likeness (QED) is 0.733. The Labute approximate surface area is 141 Å². The van der Waals surface area contributed by atoms with Crippen LogP contribution in [0.1, 0.15) is 32.4 Å². The van der Waals surface area contributed by atoms with Gasteiger partial charge in [0.05, 0.1) is 0 Å². The van der Waals surface area contributed by atoms with Crippen molar-refractivity contribution in [3.63, 3.8) is 0 Å². The van der Waals surface area contributed by atoms with Crippen molar-refractivity contribution in [3.8, 4) is 0 Å². The summed E-state index contributed by atoms with van der Waals surface area (Å²) in [6.45, 7) is 6.31. The second-order valence-electron chi connectivity index (χ2n) is 4.02. The molecule has 0 aliphatic rings. The molecular formula is C18H24BrNO2. The van der Waals surface area contributed by atoms with E-state index < -0.39 is 0 Å². The van der Waals surface area contributed by atoms with Gasteiger partial charge in [-0.25, -0.2) is 0 Å². The van der Waals surface area contributed by atoms with Crippen molar-refractivity contribution in [2.75, 3.05) is 12.4 Å². The minimum Gasteiger partial charge on any atom is -0.460 e. The van der Waals surface area contributed by atoms with E-state index in [-0.39, 0.29) is 6.10 Å². The van der Waals surface area contributed by atoms with Gasteiger partial charge in [-0.15, -0.1) is 0 Å². The van der Waals surface area contributed by atoms with Crippen LogP contribution >= 0.6 is 15.9 Å². The molecule has 2 aromatic carbocycles. The van der Waals surface area contributed by atoms with Crippen LogP contribution in [0, 0.1) is 0 Å². The molecule has 1 N–H and O–H groups in total. The van der Waals surface area contributed by atoms with Gasteiger partial charge in [-0.3, -0.25) is 4.79 Å². The lowest BCUT2D eigenvalue weighted by Gasteiger charge is -2.08. The molecule has 3 nitrogen and oxygen atoms in total. The van der Waals surface area contributed by atoms with Gasteiger partial charge in [0.25, 0.3) is 6.47 Å². The average Bonchev–Trinajstić information content (AvgIpc) is 2.59.